The van der Waals surface area contributed by atoms with Gasteiger partial charge in [-0.25, -0.2) is 0 Å². The van der Waals surface area contributed by atoms with Gasteiger partial charge < -0.3 is 10.2 Å². The van der Waals surface area contributed by atoms with Gasteiger partial charge in [-0.05, 0) is 68.9 Å². The molecule has 1 saturated heterocycles. The molecular formula is C21H34N2. The molecule has 1 aliphatic heterocycles. The van der Waals surface area contributed by atoms with Gasteiger partial charge in [0.25, 0.3) is 0 Å². The standard InChI is InChI=1S/C21H34N2/c1-16(2)18-8-10-20(11-9-18)23-14-12-19(13-15-23)22-21-7-5-4-6-17(21)3/h4-7,16,18-20,22H,8-15H2,1-3H3/t18-,20+. The molecule has 1 N–H and O–H groups in total. The maximum absolute atomic E-state index is 3.77. The fraction of sp³-hybridized carbons (Fsp3) is 0.714. The Kier molecular flexibility index (Phi) is 5.63. The van der Waals surface area contributed by atoms with Crippen LogP contribution in [0.4, 0.5) is 5.69 Å². The van der Waals surface area contributed by atoms with E-state index in [9.17, 15) is 0 Å². The van der Waals surface area contributed by atoms with E-state index < -0.39 is 0 Å². The minimum Gasteiger partial charge on any atom is -0.382 e. The van der Waals surface area contributed by atoms with Crippen LogP contribution in [-0.2, 0) is 0 Å². The lowest BCUT2D eigenvalue weighted by Gasteiger charge is -2.41. The molecule has 1 aromatic carbocycles. The van der Waals surface area contributed by atoms with E-state index in [0.717, 1.165) is 17.9 Å². The van der Waals surface area contributed by atoms with Crippen LogP contribution in [-0.4, -0.2) is 30.1 Å². The number of rotatable bonds is 4. The van der Waals surface area contributed by atoms with Gasteiger partial charge in [0.2, 0.25) is 0 Å². The molecule has 1 heterocycles. The second kappa shape index (κ2) is 7.70. The predicted molar refractivity (Wildman–Crippen MR) is 100.0 cm³/mol. The van der Waals surface area contributed by atoms with Crippen molar-refractivity contribution >= 4 is 5.69 Å². The van der Waals surface area contributed by atoms with E-state index in [1.807, 2.05) is 0 Å². The summed E-state index contributed by atoms with van der Waals surface area (Å²) in [6.07, 6.45) is 8.34. The number of hydrogen-bond acceptors (Lipinski definition) is 2. The van der Waals surface area contributed by atoms with Crippen molar-refractivity contribution in [3.05, 3.63) is 29.8 Å². The van der Waals surface area contributed by atoms with Gasteiger partial charge in [-0.2, -0.15) is 0 Å². The van der Waals surface area contributed by atoms with E-state index in [1.165, 1.54) is 62.9 Å². The highest BCUT2D eigenvalue weighted by Crippen LogP contribution is 2.33. The molecule has 1 aliphatic carbocycles. The largest absolute Gasteiger partial charge is 0.382 e. The molecule has 2 aliphatic rings. The Morgan fingerprint density at radius 2 is 1.61 bits per heavy atom. The normalized spacial score (nSPS) is 27.3. The third-order valence-corrected chi connectivity index (χ3v) is 6.23. The molecule has 0 atom stereocenters. The Hall–Kier alpha value is -1.02. The number of nitrogens with zero attached hydrogens (tertiary/aromatic N) is 1. The van der Waals surface area contributed by atoms with Gasteiger partial charge in [0.15, 0.2) is 0 Å². The topological polar surface area (TPSA) is 15.3 Å². The molecule has 0 aromatic heterocycles. The van der Waals surface area contributed by atoms with Crippen molar-refractivity contribution in [3.63, 3.8) is 0 Å². The summed E-state index contributed by atoms with van der Waals surface area (Å²) in [5.74, 6) is 1.85. The van der Waals surface area contributed by atoms with Crippen molar-refractivity contribution in [3.8, 4) is 0 Å². The van der Waals surface area contributed by atoms with Gasteiger partial charge >= 0.3 is 0 Å². The fourth-order valence-corrected chi connectivity index (χ4v) is 4.50. The zero-order valence-corrected chi connectivity index (χ0v) is 15.2. The van der Waals surface area contributed by atoms with Gasteiger partial charge in [-0.1, -0.05) is 32.0 Å². The summed E-state index contributed by atoms with van der Waals surface area (Å²) < 4.78 is 0. The van der Waals surface area contributed by atoms with Gasteiger partial charge in [0, 0.05) is 30.9 Å². The quantitative estimate of drug-likeness (QED) is 0.833. The van der Waals surface area contributed by atoms with Crippen LogP contribution in [0.3, 0.4) is 0 Å². The number of aryl methyl sites for hydroxylation is 1. The molecule has 0 radical (unpaired) electrons. The van der Waals surface area contributed by atoms with Crippen molar-refractivity contribution in [1.29, 1.82) is 0 Å². The number of piperidine rings is 1. The molecule has 3 rings (SSSR count). The van der Waals surface area contributed by atoms with Gasteiger partial charge in [-0.3, -0.25) is 0 Å². The predicted octanol–water partition coefficient (Wildman–Crippen LogP) is 5.09. The summed E-state index contributed by atoms with van der Waals surface area (Å²) in [5, 5.41) is 3.77. The van der Waals surface area contributed by atoms with E-state index in [2.05, 4.69) is 55.3 Å². The molecule has 23 heavy (non-hydrogen) atoms. The molecule has 0 unspecified atom stereocenters. The fourth-order valence-electron chi connectivity index (χ4n) is 4.50. The summed E-state index contributed by atoms with van der Waals surface area (Å²) >= 11 is 0. The number of para-hydroxylation sites is 1. The molecular weight excluding hydrogens is 280 g/mol. The Morgan fingerprint density at radius 3 is 2.22 bits per heavy atom. The number of benzene rings is 1. The first kappa shape index (κ1) is 16.8. The van der Waals surface area contributed by atoms with Crippen molar-refractivity contribution in [2.24, 2.45) is 11.8 Å². The number of anilines is 1. The lowest BCUT2D eigenvalue weighted by atomic mass is 9.79. The Balaban J connectivity index is 1.45. The van der Waals surface area contributed by atoms with Gasteiger partial charge in [-0.15, -0.1) is 0 Å². The van der Waals surface area contributed by atoms with Crippen LogP contribution in [0.5, 0.6) is 0 Å². The van der Waals surface area contributed by atoms with Crippen LogP contribution in [0.25, 0.3) is 0 Å². The molecule has 0 amide bonds. The van der Waals surface area contributed by atoms with Crippen molar-refractivity contribution in [1.82, 2.24) is 4.90 Å². The summed E-state index contributed by atoms with van der Waals surface area (Å²) in [7, 11) is 0. The van der Waals surface area contributed by atoms with Crippen LogP contribution in [0.15, 0.2) is 24.3 Å². The van der Waals surface area contributed by atoms with E-state index >= 15 is 0 Å². The third kappa shape index (κ3) is 4.29. The minimum absolute atomic E-state index is 0.652. The average Bonchev–Trinajstić information content (AvgIpc) is 2.58. The van der Waals surface area contributed by atoms with E-state index in [-0.39, 0.29) is 0 Å². The smallest absolute Gasteiger partial charge is 0.0372 e. The summed E-state index contributed by atoms with van der Waals surface area (Å²) in [6, 6.07) is 10.2. The Morgan fingerprint density at radius 1 is 0.957 bits per heavy atom. The lowest BCUT2D eigenvalue weighted by molar-refractivity contribution is 0.101. The maximum Gasteiger partial charge on any atom is 0.0372 e. The first-order valence-corrected chi connectivity index (χ1v) is 9.69. The molecule has 2 nitrogen and oxygen atoms in total. The molecule has 128 valence electrons. The molecule has 1 saturated carbocycles. The number of hydrogen-bond donors (Lipinski definition) is 1. The minimum atomic E-state index is 0.652. The third-order valence-electron chi connectivity index (χ3n) is 6.23. The lowest BCUT2D eigenvalue weighted by Crippen LogP contribution is -2.46. The molecule has 1 aromatic rings. The van der Waals surface area contributed by atoms with Gasteiger partial charge in [0.05, 0.1) is 0 Å². The van der Waals surface area contributed by atoms with Crippen LogP contribution in [0, 0.1) is 18.8 Å². The summed E-state index contributed by atoms with van der Waals surface area (Å²) in [4.78, 5) is 2.78. The summed E-state index contributed by atoms with van der Waals surface area (Å²) in [5.41, 5.74) is 2.69. The molecule has 0 bridgehead atoms. The van der Waals surface area contributed by atoms with E-state index in [0.29, 0.717) is 6.04 Å². The van der Waals surface area contributed by atoms with Gasteiger partial charge in [0.1, 0.15) is 0 Å². The molecule has 2 fully saturated rings. The molecule has 2 heteroatoms. The van der Waals surface area contributed by atoms with Crippen LogP contribution < -0.4 is 5.32 Å². The maximum atomic E-state index is 3.77. The van der Waals surface area contributed by atoms with E-state index in [4.69, 9.17) is 0 Å². The zero-order valence-electron chi connectivity index (χ0n) is 15.2. The first-order valence-electron chi connectivity index (χ1n) is 9.69. The average molecular weight is 315 g/mol. The van der Waals surface area contributed by atoms with Crippen LogP contribution in [0.2, 0.25) is 0 Å². The Labute approximate surface area is 142 Å². The Bertz CT molecular complexity index is 480. The SMILES string of the molecule is Cc1ccccc1NC1CCN([C@H]2CC[C@@H](C(C)C)CC2)CC1. The molecule has 0 spiro atoms. The van der Waals surface area contributed by atoms with Crippen molar-refractivity contribution < 1.29 is 0 Å². The second-order valence-corrected chi connectivity index (χ2v) is 8.08. The monoisotopic (exact) mass is 314 g/mol. The van der Waals surface area contributed by atoms with Crippen LogP contribution >= 0.6 is 0 Å². The highest BCUT2D eigenvalue weighted by atomic mass is 15.2. The number of nitrogens with one attached hydrogen (secondary N) is 1. The highest BCUT2D eigenvalue weighted by molar-refractivity contribution is 5.50. The zero-order chi connectivity index (χ0) is 16.2. The van der Waals surface area contributed by atoms with Crippen molar-refractivity contribution in [2.45, 2.75) is 71.4 Å². The summed E-state index contributed by atoms with van der Waals surface area (Å²) in [6.45, 7) is 9.55. The van der Waals surface area contributed by atoms with E-state index in [1.54, 1.807) is 0 Å². The number of likely N-dealkylation sites (tertiary alicyclic amines) is 1. The first-order chi connectivity index (χ1) is 11.1. The van der Waals surface area contributed by atoms with Crippen molar-refractivity contribution in [2.75, 3.05) is 18.4 Å². The van der Waals surface area contributed by atoms with Crippen LogP contribution in [0.1, 0.15) is 57.9 Å². The second-order valence-electron chi connectivity index (χ2n) is 8.08. The highest BCUT2D eigenvalue weighted by Gasteiger charge is 2.29.